The van der Waals surface area contributed by atoms with Crippen LogP contribution in [0.25, 0.3) is 0 Å². The standard InChI is InChI=1S/C17H22ClFN6/c1-11-22-16-7-6-12(10-25(16)24-11)23-17(20-2)21-9-8-13-14(18)4-3-5-15(13)19/h3-5,12H,6-10H2,1-2H3,(H2,20,21,23). The molecule has 2 aromatic rings. The number of nitrogens with one attached hydrogen (secondary N) is 2. The molecule has 0 spiro atoms. The number of hydrogen-bond acceptors (Lipinski definition) is 3. The minimum Gasteiger partial charge on any atom is -0.356 e. The fourth-order valence-corrected chi connectivity index (χ4v) is 3.27. The highest BCUT2D eigenvalue weighted by Gasteiger charge is 2.21. The Morgan fingerprint density at radius 2 is 2.32 bits per heavy atom. The smallest absolute Gasteiger partial charge is 0.191 e. The number of fused-ring (bicyclic) bond motifs is 1. The maximum atomic E-state index is 13.8. The van der Waals surface area contributed by atoms with E-state index in [1.165, 1.54) is 6.07 Å². The van der Waals surface area contributed by atoms with E-state index in [-0.39, 0.29) is 11.9 Å². The number of halogens is 2. The van der Waals surface area contributed by atoms with Crippen molar-refractivity contribution in [3.8, 4) is 0 Å². The van der Waals surface area contributed by atoms with Crippen molar-refractivity contribution >= 4 is 17.6 Å². The molecule has 0 aliphatic carbocycles. The van der Waals surface area contributed by atoms with Gasteiger partial charge in [-0.2, -0.15) is 5.10 Å². The Hall–Kier alpha value is -2.15. The van der Waals surface area contributed by atoms with Crippen molar-refractivity contribution < 1.29 is 4.39 Å². The van der Waals surface area contributed by atoms with E-state index in [0.717, 1.165) is 31.0 Å². The van der Waals surface area contributed by atoms with Gasteiger partial charge in [0.05, 0.1) is 6.54 Å². The molecule has 0 saturated carbocycles. The lowest BCUT2D eigenvalue weighted by Gasteiger charge is -2.25. The zero-order chi connectivity index (χ0) is 17.8. The molecule has 0 saturated heterocycles. The summed E-state index contributed by atoms with van der Waals surface area (Å²) >= 11 is 6.05. The Morgan fingerprint density at radius 3 is 3.08 bits per heavy atom. The van der Waals surface area contributed by atoms with Crippen LogP contribution in [-0.4, -0.2) is 40.4 Å². The fraction of sp³-hybridized carbons (Fsp3) is 0.471. The van der Waals surface area contributed by atoms with Crippen molar-refractivity contribution in [2.24, 2.45) is 4.99 Å². The molecule has 1 aromatic heterocycles. The second kappa shape index (κ2) is 7.82. The molecule has 134 valence electrons. The van der Waals surface area contributed by atoms with Gasteiger partial charge >= 0.3 is 0 Å². The molecule has 8 heteroatoms. The van der Waals surface area contributed by atoms with Gasteiger partial charge in [0.25, 0.3) is 0 Å². The molecule has 2 N–H and O–H groups in total. The monoisotopic (exact) mass is 364 g/mol. The quantitative estimate of drug-likeness (QED) is 0.644. The first-order valence-electron chi connectivity index (χ1n) is 8.37. The van der Waals surface area contributed by atoms with Gasteiger partial charge in [0.15, 0.2) is 5.96 Å². The maximum Gasteiger partial charge on any atom is 0.191 e. The lowest BCUT2D eigenvalue weighted by Crippen LogP contribution is -2.47. The van der Waals surface area contributed by atoms with Crippen LogP contribution in [0.5, 0.6) is 0 Å². The molecular weight excluding hydrogens is 343 g/mol. The molecule has 0 radical (unpaired) electrons. The molecule has 1 atom stereocenters. The predicted octanol–water partition coefficient (Wildman–Crippen LogP) is 2.10. The van der Waals surface area contributed by atoms with Crippen LogP contribution in [0.2, 0.25) is 5.02 Å². The minimum atomic E-state index is -0.279. The first-order chi connectivity index (χ1) is 12.1. The Bertz CT molecular complexity index is 752. The second-order valence-electron chi connectivity index (χ2n) is 6.09. The average molecular weight is 365 g/mol. The van der Waals surface area contributed by atoms with Crippen LogP contribution in [0, 0.1) is 12.7 Å². The van der Waals surface area contributed by atoms with Crippen molar-refractivity contribution in [3.63, 3.8) is 0 Å². The molecule has 1 unspecified atom stereocenters. The zero-order valence-corrected chi connectivity index (χ0v) is 15.1. The summed E-state index contributed by atoms with van der Waals surface area (Å²) in [6.07, 6.45) is 2.35. The van der Waals surface area contributed by atoms with Crippen LogP contribution in [-0.2, 0) is 19.4 Å². The maximum absolute atomic E-state index is 13.8. The molecule has 0 bridgehead atoms. The number of rotatable bonds is 4. The second-order valence-corrected chi connectivity index (χ2v) is 6.49. The topological polar surface area (TPSA) is 67.1 Å². The number of hydrogen-bond donors (Lipinski definition) is 2. The Labute approximate surface area is 151 Å². The highest BCUT2D eigenvalue weighted by atomic mass is 35.5. The number of guanidine groups is 1. The summed E-state index contributed by atoms with van der Waals surface area (Å²) in [6.45, 7) is 3.21. The summed E-state index contributed by atoms with van der Waals surface area (Å²) in [7, 11) is 1.72. The van der Waals surface area contributed by atoms with Crippen LogP contribution >= 0.6 is 11.6 Å². The Balaban J connectivity index is 1.52. The van der Waals surface area contributed by atoms with Crippen LogP contribution < -0.4 is 10.6 Å². The van der Waals surface area contributed by atoms with Gasteiger partial charge < -0.3 is 10.6 Å². The van der Waals surface area contributed by atoms with Gasteiger partial charge in [0.1, 0.15) is 17.5 Å². The zero-order valence-electron chi connectivity index (χ0n) is 14.4. The third kappa shape index (κ3) is 4.28. The largest absolute Gasteiger partial charge is 0.356 e. The summed E-state index contributed by atoms with van der Waals surface area (Å²) in [5.74, 6) is 2.25. The third-order valence-electron chi connectivity index (χ3n) is 4.26. The van der Waals surface area contributed by atoms with Crippen molar-refractivity contribution in [1.82, 2.24) is 25.4 Å². The van der Waals surface area contributed by atoms with E-state index in [4.69, 9.17) is 11.6 Å². The van der Waals surface area contributed by atoms with E-state index < -0.39 is 0 Å². The SMILES string of the molecule is CN=C(NCCc1c(F)cccc1Cl)NC1CCc2nc(C)nn2C1. The van der Waals surface area contributed by atoms with E-state index in [9.17, 15) is 4.39 Å². The summed E-state index contributed by atoms with van der Waals surface area (Å²) in [6, 6.07) is 4.97. The molecule has 6 nitrogen and oxygen atoms in total. The first kappa shape index (κ1) is 17.7. The van der Waals surface area contributed by atoms with Crippen molar-refractivity contribution in [2.45, 2.75) is 38.8 Å². The van der Waals surface area contributed by atoms with E-state index in [2.05, 4.69) is 25.7 Å². The molecule has 1 aromatic carbocycles. The van der Waals surface area contributed by atoms with Gasteiger partial charge in [-0.3, -0.25) is 4.99 Å². The molecule has 0 fully saturated rings. The summed E-state index contributed by atoms with van der Waals surface area (Å²) < 4.78 is 15.7. The van der Waals surface area contributed by atoms with Crippen molar-refractivity contribution in [2.75, 3.05) is 13.6 Å². The predicted molar refractivity (Wildman–Crippen MR) is 96.5 cm³/mol. The minimum absolute atomic E-state index is 0.233. The molecule has 1 aliphatic rings. The first-order valence-corrected chi connectivity index (χ1v) is 8.75. The average Bonchev–Trinajstić information content (AvgIpc) is 2.95. The molecule has 0 amide bonds. The van der Waals surface area contributed by atoms with E-state index >= 15 is 0 Å². The Kier molecular flexibility index (Phi) is 5.53. The Morgan fingerprint density at radius 1 is 1.48 bits per heavy atom. The van der Waals surface area contributed by atoms with Crippen molar-refractivity contribution in [1.29, 1.82) is 0 Å². The lowest BCUT2D eigenvalue weighted by atomic mass is 10.1. The molecule has 1 aliphatic heterocycles. The molecule has 2 heterocycles. The normalized spacial score (nSPS) is 17.3. The van der Waals surface area contributed by atoms with Gasteiger partial charge in [0, 0.05) is 36.6 Å². The highest BCUT2D eigenvalue weighted by Crippen LogP contribution is 2.19. The van der Waals surface area contributed by atoms with Crippen LogP contribution in [0.3, 0.4) is 0 Å². The number of aromatic nitrogens is 3. The van der Waals surface area contributed by atoms with Gasteiger partial charge in [-0.15, -0.1) is 0 Å². The molecule has 25 heavy (non-hydrogen) atoms. The molecular formula is C17H22ClFN6. The lowest BCUT2D eigenvalue weighted by molar-refractivity contribution is 0.392. The van der Waals surface area contributed by atoms with Gasteiger partial charge in [0.2, 0.25) is 0 Å². The number of nitrogens with zero attached hydrogens (tertiary/aromatic N) is 4. The highest BCUT2D eigenvalue weighted by molar-refractivity contribution is 6.31. The summed E-state index contributed by atoms with van der Waals surface area (Å²) in [4.78, 5) is 8.66. The fourth-order valence-electron chi connectivity index (χ4n) is 3.02. The van der Waals surface area contributed by atoms with E-state index in [1.54, 1.807) is 19.2 Å². The van der Waals surface area contributed by atoms with Crippen LogP contribution in [0.15, 0.2) is 23.2 Å². The van der Waals surface area contributed by atoms with Gasteiger partial charge in [-0.25, -0.2) is 14.1 Å². The van der Waals surface area contributed by atoms with Crippen LogP contribution in [0.1, 0.15) is 23.6 Å². The number of aryl methyl sites for hydroxylation is 2. The van der Waals surface area contributed by atoms with E-state index in [1.807, 2.05) is 11.6 Å². The van der Waals surface area contributed by atoms with E-state index in [0.29, 0.717) is 29.5 Å². The number of aliphatic imine (C=N–C) groups is 1. The van der Waals surface area contributed by atoms with Gasteiger partial charge in [-0.1, -0.05) is 17.7 Å². The van der Waals surface area contributed by atoms with Crippen molar-refractivity contribution in [3.05, 3.63) is 46.3 Å². The number of benzene rings is 1. The summed E-state index contributed by atoms with van der Waals surface area (Å²) in [5, 5.41) is 11.5. The van der Waals surface area contributed by atoms with Gasteiger partial charge in [-0.05, 0) is 31.9 Å². The molecule has 3 rings (SSSR count). The third-order valence-corrected chi connectivity index (χ3v) is 4.61. The summed E-state index contributed by atoms with van der Waals surface area (Å²) in [5.41, 5.74) is 0.521. The van der Waals surface area contributed by atoms with Crippen LogP contribution in [0.4, 0.5) is 4.39 Å².